The van der Waals surface area contributed by atoms with E-state index in [4.69, 9.17) is 4.74 Å². The molecule has 26 heavy (non-hydrogen) atoms. The van der Waals surface area contributed by atoms with Crippen molar-refractivity contribution >= 4 is 23.6 Å². The van der Waals surface area contributed by atoms with E-state index in [0.717, 1.165) is 10.5 Å². The molecule has 2 amide bonds. The average molecular weight is 351 g/mol. The quantitative estimate of drug-likeness (QED) is 0.588. The van der Waals surface area contributed by atoms with Crippen LogP contribution >= 0.6 is 0 Å². The van der Waals surface area contributed by atoms with E-state index in [1.165, 1.54) is 6.92 Å². The molecule has 132 valence electrons. The van der Waals surface area contributed by atoms with E-state index in [0.29, 0.717) is 0 Å². The molecule has 0 spiro atoms. The minimum Gasteiger partial charge on any atom is -0.456 e. The van der Waals surface area contributed by atoms with Gasteiger partial charge in [-0.25, -0.2) is 4.79 Å². The first-order valence-electron chi connectivity index (χ1n) is 8.16. The third-order valence-electron chi connectivity index (χ3n) is 4.10. The van der Waals surface area contributed by atoms with E-state index in [-0.39, 0.29) is 23.3 Å². The van der Waals surface area contributed by atoms with Crippen molar-refractivity contribution in [1.29, 1.82) is 0 Å². The van der Waals surface area contributed by atoms with Crippen molar-refractivity contribution in [2.24, 2.45) is 0 Å². The van der Waals surface area contributed by atoms with E-state index in [1.807, 2.05) is 6.07 Å². The number of hydrogen-bond acceptors (Lipinski definition) is 5. The SMILES string of the molecule is CC(=O)COC(=O)[C@H](Cc1ccccc1)N1C(=O)c2ccccc2C1=O. The number of rotatable bonds is 6. The first kappa shape index (κ1) is 17.5. The number of Topliss-reactive ketones (excluding diaryl/α,β-unsaturated/α-hetero) is 1. The normalized spacial score (nSPS) is 14.1. The Morgan fingerprint density at radius 1 is 0.923 bits per heavy atom. The smallest absolute Gasteiger partial charge is 0.330 e. The molecular weight excluding hydrogens is 334 g/mol. The van der Waals surface area contributed by atoms with Gasteiger partial charge in [0.2, 0.25) is 0 Å². The summed E-state index contributed by atoms with van der Waals surface area (Å²) in [5.74, 6) is -2.17. The lowest BCUT2D eigenvalue weighted by molar-refractivity contribution is -0.151. The van der Waals surface area contributed by atoms with Crippen LogP contribution < -0.4 is 0 Å². The number of nitrogens with zero attached hydrogens (tertiary/aromatic N) is 1. The molecule has 1 aliphatic heterocycles. The molecular formula is C20H17NO5. The predicted octanol–water partition coefficient (Wildman–Crippen LogP) is 2.03. The van der Waals surface area contributed by atoms with Crippen LogP contribution in [-0.4, -0.2) is 41.1 Å². The fourth-order valence-corrected chi connectivity index (χ4v) is 2.88. The highest BCUT2D eigenvalue weighted by Gasteiger charge is 2.43. The van der Waals surface area contributed by atoms with Crippen LogP contribution in [-0.2, 0) is 20.7 Å². The van der Waals surface area contributed by atoms with Gasteiger partial charge < -0.3 is 4.74 Å². The molecule has 1 heterocycles. The number of amides is 2. The Morgan fingerprint density at radius 2 is 1.46 bits per heavy atom. The molecule has 0 bridgehead atoms. The number of benzene rings is 2. The highest BCUT2D eigenvalue weighted by atomic mass is 16.5. The standard InChI is InChI=1S/C20H17NO5/c1-13(22)12-26-20(25)17(11-14-7-3-2-4-8-14)21-18(23)15-9-5-6-10-16(15)19(21)24/h2-10,17H,11-12H2,1H3/t17-/m0/s1. The molecule has 1 atom stereocenters. The first-order valence-corrected chi connectivity index (χ1v) is 8.16. The number of carbonyl (C=O) groups is 4. The van der Waals surface area contributed by atoms with Crippen LogP contribution in [0.4, 0.5) is 0 Å². The lowest BCUT2D eigenvalue weighted by Crippen LogP contribution is -2.47. The van der Waals surface area contributed by atoms with Gasteiger partial charge in [-0.3, -0.25) is 19.3 Å². The van der Waals surface area contributed by atoms with E-state index < -0.39 is 30.4 Å². The number of esters is 1. The Bertz CT molecular complexity index is 840. The molecule has 6 heteroatoms. The van der Waals surface area contributed by atoms with Crippen LogP contribution in [0, 0.1) is 0 Å². The second-order valence-electron chi connectivity index (χ2n) is 6.04. The third-order valence-corrected chi connectivity index (χ3v) is 4.10. The summed E-state index contributed by atoms with van der Waals surface area (Å²) >= 11 is 0. The molecule has 0 N–H and O–H groups in total. The maximum absolute atomic E-state index is 12.7. The summed E-state index contributed by atoms with van der Waals surface area (Å²) in [5.41, 5.74) is 1.29. The molecule has 2 aromatic carbocycles. The van der Waals surface area contributed by atoms with Gasteiger partial charge in [0.05, 0.1) is 11.1 Å². The van der Waals surface area contributed by atoms with Gasteiger partial charge >= 0.3 is 5.97 Å². The lowest BCUT2D eigenvalue weighted by atomic mass is 10.0. The first-order chi connectivity index (χ1) is 12.5. The van der Waals surface area contributed by atoms with Gasteiger partial charge in [0.15, 0.2) is 5.78 Å². The monoisotopic (exact) mass is 351 g/mol. The van der Waals surface area contributed by atoms with Crippen LogP contribution in [0.5, 0.6) is 0 Å². The van der Waals surface area contributed by atoms with Gasteiger partial charge in [-0.2, -0.15) is 0 Å². The van der Waals surface area contributed by atoms with Crippen molar-refractivity contribution in [2.75, 3.05) is 6.61 Å². The molecule has 0 saturated heterocycles. The van der Waals surface area contributed by atoms with Gasteiger partial charge in [0.1, 0.15) is 12.6 Å². The highest BCUT2D eigenvalue weighted by Crippen LogP contribution is 2.26. The Morgan fingerprint density at radius 3 is 2.00 bits per heavy atom. The van der Waals surface area contributed by atoms with E-state index in [9.17, 15) is 19.2 Å². The van der Waals surface area contributed by atoms with Crippen LogP contribution in [0.1, 0.15) is 33.2 Å². The van der Waals surface area contributed by atoms with Crippen molar-refractivity contribution in [3.8, 4) is 0 Å². The Kier molecular flexibility index (Phi) is 4.93. The maximum Gasteiger partial charge on any atom is 0.330 e. The molecule has 0 aromatic heterocycles. The number of imide groups is 1. The molecule has 6 nitrogen and oxygen atoms in total. The van der Waals surface area contributed by atoms with Crippen molar-refractivity contribution in [3.63, 3.8) is 0 Å². The molecule has 1 aliphatic rings. The second kappa shape index (κ2) is 7.31. The van der Waals surface area contributed by atoms with Gasteiger partial charge in [0.25, 0.3) is 11.8 Å². The fraction of sp³-hybridized carbons (Fsp3) is 0.200. The molecule has 0 fully saturated rings. The average Bonchev–Trinajstić information content (AvgIpc) is 2.90. The van der Waals surface area contributed by atoms with Gasteiger partial charge in [-0.15, -0.1) is 0 Å². The highest BCUT2D eigenvalue weighted by molar-refractivity contribution is 6.22. The summed E-state index contributed by atoms with van der Waals surface area (Å²) in [7, 11) is 0. The van der Waals surface area contributed by atoms with Crippen LogP contribution in [0.2, 0.25) is 0 Å². The predicted molar refractivity (Wildman–Crippen MR) is 92.5 cm³/mol. The van der Waals surface area contributed by atoms with E-state index in [2.05, 4.69) is 0 Å². The summed E-state index contributed by atoms with van der Waals surface area (Å²) < 4.78 is 5.01. The topological polar surface area (TPSA) is 80.8 Å². The van der Waals surface area contributed by atoms with E-state index >= 15 is 0 Å². The minimum absolute atomic E-state index is 0.114. The molecule has 0 radical (unpaired) electrons. The number of ketones is 1. The summed E-state index contributed by atoms with van der Waals surface area (Å²) in [5, 5.41) is 0. The van der Waals surface area contributed by atoms with Crippen molar-refractivity contribution in [3.05, 3.63) is 71.3 Å². The largest absolute Gasteiger partial charge is 0.456 e. The zero-order valence-corrected chi connectivity index (χ0v) is 14.2. The summed E-state index contributed by atoms with van der Waals surface area (Å²) in [6, 6.07) is 14.3. The minimum atomic E-state index is -1.14. The van der Waals surface area contributed by atoms with Crippen molar-refractivity contribution < 1.29 is 23.9 Å². The molecule has 2 aromatic rings. The summed E-state index contributed by atoms with van der Waals surface area (Å²) in [4.78, 5) is 50.0. The van der Waals surface area contributed by atoms with Crippen LogP contribution in [0.25, 0.3) is 0 Å². The molecule has 3 rings (SSSR count). The summed E-state index contributed by atoms with van der Waals surface area (Å²) in [6.07, 6.45) is 0.114. The van der Waals surface area contributed by atoms with Crippen LogP contribution in [0.15, 0.2) is 54.6 Å². The van der Waals surface area contributed by atoms with E-state index in [1.54, 1.807) is 48.5 Å². The van der Waals surface area contributed by atoms with Crippen molar-refractivity contribution in [2.45, 2.75) is 19.4 Å². The maximum atomic E-state index is 12.7. The van der Waals surface area contributed by atoms with Gasteiger partial charge in [-0.1, -0.05) is 42.5 Å². The summed E-state index contributed by atoms with van der Waals surface area (Å²) in [6.45, 7) is 0.898. The third kappa shape index (κ3) is 3.39. The number of ether oxygens (including phenoxy) is 1. The van der Waals surface area contributed by atoms with Crippen LogP contribution in [0.3, 0.4) is 0 Å². The Hall–Kier alpha value is -3.28. The molecule has 0 aliphatic carbocycles. The zero-order chi connectivity index (χ0) is 18.7. The fourth-order valence-electron chi connectivity index (χ4n) is 2.88. The molecule has 0 saturated carbocycles. The number of fused-ring (bicyclic) bond motifs is 1. The second-order valence-corrected chi connectivity index (χ2v) is 6.04. The number of carbonyl (C=O) groups excluding carboxylic acids is 4. The Balaban J connectivity index is 1.93. The number of hydrogen-bond donors (Lipinski definition) is 0. The van der Waals surface area contributed by atoms with Crippen molar-refractivity contribution in [1.82, 2.24) is 4.90 Å². The lowest BCUT2D eigenvalue weighted by Gasteiger charge is -2.24. The Labute approximate surface area is 150 Å². The van der Waals surface area contributed by atoms with Gasteiger partial charge in [0, 0.05) is 6.42 Å². The van der Waals surface area contributed by atoms with Gasteiger partial charge in [-0.05, 0) is 24.6 Å². The zero-order valence-electron chi connectivity index (χ0n) is 14.2. The molecule has 0 unspecified atom stereocenters.